The molecule has 7 heteroatoms. The van der Waals surface area contributed by atoms with Crippen LogP contribution in [-0.2, 0) is 4.79 Å². The number of anilines is 2. The van der Waals surface area contributed by atoms with E-state index in [0.29, 0.717) is 12.5 Å². The van der Waals surface area contributed by atoms with Crippen LogP contribution in [0.1, 0.15) is 13.8 Å². The van der Waals surface area contributed by atoms with Gasteiger partial charge < -0.3 is 15.5 Å². The highest BCUT2D eigenvalue weighted by Gasteiger charge is 2.18. The van der Waals surface area contributed by atoms with Gasteiger partial charge in [-0.05, 0) is 13.8 Å². The predicted molar refractivity (Wildman–Crippen MR) is 67.9 cm³/mol. The molecule has 0 bridgehead atoms. The van der Waals surface area contributed by atoms with Gasteiger partial charge in [0.05, 0.1) is 6.20 Å². The molecule has 6 nitrogen and oxygen atoms in total. The summed E-state index contributed by atoms with van der Waals surface area (Å²) >= 11 is 0. The van der Waals surface area contributed by atoms with Crippen LogP contribution in [0, 0.1) is 5.82 Å². The molecule has 0 saturated carbocycles. The fourth-order valence-electron chi connectivity index (χ4n) is 1.34. The first-order chi connectivity index (χ1) is 8.49. The maximum atomic E-state index is 13.5. The summed E-state index contributed by atoms with van der Waals surface area (Å²) in [7, 11) is 3.33. The third kappa shape index (κ3) is 3.28. The van der Waals surface area contributed by atoms with E-state index >= 15 is 0 Å². The fourth-order valence-corrected chi connectivity index (χ4v) is 1.34. The number of rotatable bonds is 5. The number of nitrogens with zero attached hydrogens (tertiary/aromatic N) is 3. The SMILES string of the molecule is CCN(C)C(=O)C(C)Nc1nc(NC)ncc1F. The lowest BCUT2D eigenvalue weighted by Gasteiger charge is -2.21. The van der Waals surface area contributed by atoms with Crippen LogP contribution in [0.4, 0.5) is 16.2 Å². The smallest absolute Gasteiger partial charge is 0.244 e. The molecule has 1 amide bonds. The Bertz CT molecular complexity index is 426. The van der Waals surface area contributed by atoms with Gasteiger partial charge >= 0.3 is 0 Å². The maximum absolute atomic E-state index is 13.5. The first-order valence-electron chi connectivity index (χ1n) is 5.71. The number of likely N-dealkylation sites (N-methyl/N-ethyl adjacent to an activating group) is 1. The Morgan fingerprint density at radius 2 is 2.28 bits per heavy atom. The number of halogens is 1. The van der Waals surface area contributed by atoms with Crippen LogP contribution in [0.15, 0.2) is 6.20 Å². The van der Waals surface area contributed by atoms with Gasteiger partial charge in [0.1, 0.15) is 6.04 Å². The van der Waals surface area contributed by atoms with E-state index in [9.17, 15) is 9.18 Å². The van der Waals surface area contributed by atoms with Crippen molar-refractivity contribution in [2.24, 2.45) is 0 Å². The van der Waals surface area contributed by atoms with Crippen molar-refractivity contribution in [3.05, 3.63) is 12.0 Å². The summed E-state index contributed by atoms with van der Waals surface area (Å²) in [4.78, 5) is 21.0. The van der Waals surface area contributed by atoms with Crippen molar-refractivity contribution < 1.29 is 9.18 Å². The van der Waals surface area contributed by atoms with E-state index in [1.807, 2.05) is 6.92 Å². The summed E-state index contributed by atoms with van der Waals surface area (Å²) in [5, 5.41) is 5.45. The predicted octanol–water partition coefficient (Wildman–Crippen LogP) is 0.936. The van der Waals surface area contributed by atoms with Gasteiger partial charge in [0.2, 0.25) is 11.9 Å². The van der Waals surface area contributed by atoms with Crippen LogP contribution in [0.25, 0.3) is 0 Å². The molecule has 0 fully saturated rings. The van der Waals surface area contributed by atoms with Gasteiger partial charge in [-0.15, -0.1) is 0 Å². The van der Waals surface area contributed by atoms with Crippen molar-refractivity contribution >= 4 is 17.7 Å². The molecule has 0 saturated heterocycles. The van der Waals surface area contributed by atoms with Gasteiger partial charge in [0, 0.05) is 20.6 Å². The van der Waals surface area contributed by atoms with Crippen LogP contribution >= 0.6 is 0 Å². The Labute approximate surface area is 106 Å². The maximum Gasteiger partial charge on any atom is 0.244 e. The molecule has 1 heterocycles. The average molecular weight is 255 g/mol. The van der Waals surface area contributed by atoms with E-state index < -0.39 is 11.9 Å². The van der Waals surface area contributed by atoms with Crippen molar-refractivity contribution in [2.45, 2.75) is 19.9 Å². The third-order valence-electron chi connectivity index (χ3n) is 2.54. The summed E-state index contributed by atoms with van der Waals surface area (Å²) in [6.07, 6.45) is 1.06. The zero-order chi connectivity index (χ0) is 13.7. The highest BCUT2D eigenvalue weighted by molar-refractivity contribution is 5.83. The molecule has 1 aromatic heterocycles. The van der Waals surface area contributed by atoms with Gasteiger partial charge in [-0.2, -0.15) is 4.98 Å². The molecule has 0 aliphatic rings. The fraction of sp³-hybridized carbons (Fsp3) is 0.545. The zero-order valence-corrected chi connectivity index (χ0v) is 11.0. The molecule has 0 aromatic carbocycles. The van der Waals surface area contributed by atoms with Crippen LogP contribution in [0.2, 0.25) is 0 Å². The van der Waals surface area contributed by atoms with Crippen molar-refractivity contribution in [3.8, 4) is 0 Å². The molecule has 18 heavy (non-hydrogen) atoms. The highest BCUT2D eigenvalue weighted by Crippen LogP contribution is 2.13. The second-order valence-electron chi connectivity index (χ2n) is 3.86. The second-order valence-corrected chi connectivity index (χ2v) is 3.86. The number of nitrogens with one attached hydrogen (secondary N) is 2. The van der Waals surface area contributed by atoms with E-state index in [1.54, 1.807) is 25.9 Å². The minimum atomic E-state index is -0.590. The van der Waals surface area contributed by atoms with Crippen molar-refractivity contribution in [1.82, 2.24) is 14.9 Å². The number of hydrogen-bond donors (Lipinski definition) is 2. The molecule has 1 atom stereocenters. The molecular formula is C11H18FN5O. The summed E-state index contributed by atoms with van der Waals surface area (Å²) in [5.41, 5.74) is 0. The van der Waals surface area contributed by atoms with Gasteiger partial charge in [-0.3, -0.25) is 4.79 Å². The second kappa shape index (κ2) is 6.13. The summed E-state index contributed by atoms with van der Waals surface area (Å²) in [5.74, 6) is -0.406. The molecule has 1 unspecified atom stereocenters. The van der Waals surface area contributed by atoms with Crippen molar-refractivity contribution in [3.63, 3.8) is 0 Å². The normalized spacial score (nSPS) is 11.8. The molecule has 0 radical (unpaired) electrons. The largest absolute Gasteiger partial charge is 0.357 e. The van der Waals surface area contributed by atoms with Gasteiger partial charge in [0.15, 0.2) is 11.6 Å². The zero-order valence-electron chi connectivity index (χ0n) is 11.0. The number of carbonyl (C=O) groups excluding carboxylic acids is 1. The van der Waals surface area contributed by atoms with Gasteiger partial charge in [0.25, 0.3) is 0 Å². The van der Waals surface area contributed by atoms with E-state index in [1.165, 1.54) is 0 Å². The molecule has 100 valence electrons. The third-order valence-corrected chi connectivity index (χ3v) is 2.54. The number of hydrogen-bond acceptors (Lipinski definition) is 5. The van der Waals surface area contributed by atoms with Crippen LogP contribution in [0.5, 0.6) is 0 Å². The Morgan fingerprint density at radius 3 is 2.83 bits per heavy atom. The first-order valence-corrected chi connectivity index (χ1v) is 5.71. The quantitative estimate of drug-likeness (QED) is 0.819. The summed E-state index contributed by atoms with van der Waals surface area (Å²) in [6.45, 7) is 4.13. The standard InChI is InChI=1S/C11H18FN5O/c1-5-17(4)10(18)7(2)15-9-8(12)6-14-11(13-3)16-9/h6-7H,5H2,1-4H3,(H2,13,14,15,16). The first kappa shape index (κ1) is 14.1. The molecule has 0 aliphatic heterocycles. The lowest BCUT2D eigenvalue weighted by atomic mass is 10.3. The molecule has 2 N–H and O–H groups in total. The van der Waals surface area contributed by atoms with E-state index in [-0.39, 0.29) is 11.7 Å². The lowest BCUT2D eigenvalue weighted by Crippen LogP contribution is -2.39. The monoisotopic (exact) mass is 255 g/mol. The minimum absolute atomic E-state index is 0.0136. The average Bonchev–Trinajstić information content (AvgIpc) is 2.39. The molecular weight excluding hydrogens is 237 g/mol. The van der Waals surface area contributed by atoms with Crippen LogP contribution in [0.3, 0.4) is 0 Å². The number of aromatic nitrogens is 2. The summed E-state index contributed by atoms with van der Waals surface area (Å²) in [6, 6.07) is -0.552. The Morgan fingerprint density at radius 1 is 1.61 bits per heavy atom. The number of carbonyl (C=O) groups is 1. The molecule has 0 aliphatic carbocycles. The van der Waals surface area contributed by atoms with Gasteiger partial charge in [-0.25, -0.2) is 9.37 Å². The van der Waals surface area contributed by atoms with Gasteiger partial charge in [-0.1, -0.05) is 0 Å². The molecule has 0 spiro atoms. The highest BCUT2D eigenvalue weighted by atomic mass is 19.1. The van der Waals surface area contributed by atoms with E-state index in [4.69, 9.17) is 0 Å². The van der Waals surface area contributed by atoms with E-state index in [2.05, 4.69) is 20.6 Å². The Kier molecular flexibility index (Phi) is 4.82. The summed E-state index contributed by atoms with van der Waals surface area (Å²) < 4.78 is 13.5. The van der Waals surface area contributed by atoms with Crippen molar-refractivity contribution in [2.75, 3.05) is 31.3 Å². The van der Waals surface area contributed by atoms with Crippen LogP contribution < -0.4 is 10.6 Å². The van der Waals surface area contributed by atoms with E-state index in [0.717, 1.165) is 6.20 Å². The molecule has 1 aromatic rings. The number of amides is 1. The Hall–Kier alpha value is -1.92. The topological polar surface area (TPSA) is 70.2 Å². The lowest BCUT2D eigenvalue weighted by molar-refractivity contribution is -0.130. The Balaban J connectivity index is 2.80. The van der Waals surface area contributed by atoms with Crippen LogP contribution in [-0.4, -0.2) is 47.5 Å². The molecule has 1 rings (SSSR count). The van der Waals surface area contributed by atoms with Crippen molar-refractivity contribution in [1.29, 1.82) is 0 Å². The minimum Gasteiger partial charge on any atom is -0.357 e.